The molecule has 0 aliphatic rings. The first kappa shape index (κ1) is 12.1. The Hall–Kier alpha value is -2.36. The fourth-order valence-electron chi connectivity index (χ4n) is 1.75. The number of rotatable bonds is 4. The fourth-order valence-corrected chi connectivity index (χ4v) is 1.75. The highest BCUT2D eigenvalue weighted by molar-refractivity contribution is 5.49. The van der Waals surface area contributed by atoms with Gasteiger partial charge in [0.2, 0.25) is 0 Å². The topological polar surface area (TPSA) is 55.2 Å². The highest BCUT2D eigenvalue weighted by atomic mass is 16.6. The van der Waals surface area contributed by atoms with E-state index in [1.807, 2.05) is 30.3 Å². The Kier molecular flexibility index (Phi) is 3.57. The van der Waals surface area contributed by atoms with Crippen LogP contribution in [0.15, 0.2) is 54.6 Å². The minimum Gasteiger partial charge on any atom is -0.379 e. The second-order valence-corrected chi connectivity index (χ2v) is 4.08. The molecule has 0 bridgehead atoms. The van der Waals surface area contributed by atoms with Crippen molar-refractivity contribution in [1.29, 1.82) is 0 Å². The van der Waals surface area contributed by atoms with Crippen molar-refractivity contribution in [3.63, 3.8) is 0 Å². The third-order valence-corrected chi connectivity index (χ3v) is 2.76. The van der Waals surface area contributed by atoms with Crippen LogP contribution in [0.2, 0.25) is 0 Å². The van der Waals surface area contributed by atoms with Gasteiger partial charge in [-0.1, -0.05) is 30.3 Å². The lowest BCUT2D eigenvalue weighted by Crippen LogP contribution is -2.06. The van der Waals surface area contributed by atoms with Gasteiger partial charge in [-0.05, 0) is 24.6 Å². The van der Waals surface area contributed by atoms with Crippen LogP contribution in [0.25, 0.3) is 0 Å². The summed E-state index contributed by atoms with van der Waals surface area (Å²) in [7, 11) is 0. The van der Waals surface area contributed by atoms with Crippen LogP contribution in [0.3, 0.4) is 0 Å². The molecule has 0 radical (unpaired) electrons. The molecule has 0 saturated carbocycles. The van der Waals surface area contributed by atoms with Gasteiger partial charge in [-0.15, -0.1) is 0 Å². The fraction of sp³-hybridized carbons (Fsp3) is 0.143. The second-order valence-electron chi connectivity index (χ2n) is 4.08. The number of non-ortho nitro benzene ring substituents is 1. The van der Waals surface area contributed by atoms with Crippen LogP contribution < -0.4 is 5.32 Å². The van der Waals surface area contributed by atoms with E-state index in [9.17, 15) is 10.1 Å². The Bertz CT molecular complexity index is 523. The number of nitrogens with one attached hydrogen (secondary N) is 1. The van der Waals surface area contributed by atoms with E-state index in [-0.39, 0.29) is 11.7 Å². The highest BCUT2D eigenvalue weighted by Crippen LogP contribution is 2.21. The minimum atomic E-state index is -0.398. The van der Waals surface area contributed by atoms with Gasteiger partial charge >= 0.3 is 0 Å². The van der Waals surface area contributed by atoms with Gasteiger partial charge in [0.25, 0.3) is 5.69 Å². The van der Waals surface area contributed by atoms with E-state index in [0.29, 0.717) is 0 Å². The number of anilines is 1. The van der Waals surface area contributed by atoms with Crippen molar-refractivity contribution in [1.82, 2.24) is 0 Å². The zero-order chi connectivity index (χ0) is 13.0. The summed E-state index contributed by atoms with van der Waals surface area (Å²) in [4.78, 5) is 10.1. The first-order valence-electron chi connectivity index (χ1n) is 5.73. The molecule has 2 aromatic rings. The molecule has 4 heteroatoms. The molecule has 0 spiro atoms. The van der Waals surface area contributed by atoms with E-state index in [1.54, 1.807) is 12.1 Å². The van der Waals surface area contributed by atoms with Gasteiger partial charge in [0.15, 0.2) is 0 Å². The number of benzene rings is 2. The molecule has 0 aromatic heterocycles. The third kappa shape index (κ3) is 2.85. The lowest BCUT2D eigenvalue weighted by Gasteiger charge is -2.15. The number of nitrogens with zero attached hydrogens (tertiary/aromatic N) is 1. The van der Waals surface area contributed by atoms with Gasteiger partial charge in [0, 0.05) is 23.9 Å². The normalized spacial score (nSPS) is 11.8. The Balaban J connectivity index is 2.08. The number of hydrogen-bond donors (Lipinski definition) is 1. The summed E-state index contributed by atoms with van der Waals surface area (Å²) >= 11 is 0. The highest BCUT2D eigenvalue weighted by Gasteiger charge is 2.07. The molecule has 1 unspecified atom stereocenters. The lowest BCUT2D eigenvalue weighted by molar-refractivity contribution is -0.384. The molecule has 1 atom stereocenters. The average molecular weight is 242 g/mol. The lowest BCUT2D eigenvalue weighted by atomic mass is 10.1. The molecule has 0 aliphatic carbocycles. The standard InChI is InChI=1S/C14H14N2O2/c1-11(12-5-3-2-4-6-12)15-13-7-9-14(10-8-13)16(17)18/h2-11,15H,1H3. The predicted octanol–water partition coefficient (Wildman–Crippen LogP) is 3.77. The Labute approximate surface area is 105 Å². The maximum atomic E-state index is 10.5. The maximum Gasteiger partial charge on any atom is 0.269 e. The van der Waals surface area contributed by atoms with Crippen molar-refractivity contribution in [2.75, 3.05) is 5.32 Å². The third-order valence-electron chi connectivity index (χ3n) is 2.76. The molecule has 0 saturated heterocycles. The van der Waals surface area contributed by atoms with Crippen LogP contribution in [-0.4, -0.2) is 4.92 Å². The van der Waals surface area contributed by atoms with E-state index in [4.69, 9.17) is 0 Å². The molecule has 2 rings (SSSR count). The van der Waals surface area contributed by atoms with E-state index in [2.05, 4.69) is 12.2 Å². The van der Waals surface area contributed by atoms with Crippen molar-refractivity contribution in [3.8, 4) is 0 Å². The van der Waals surface area contributed by atoms with Gasteiger partial charge < -0.3 is 5.32 Å². The average Bonchev–Trinajstić information content (AvgIpc) is 2.40. The molecule has 18 heavy (non-hydrogen) atoms. The van der Waals surface area contributed by atoms with Crippen LogP contribution in [0, 0.1) is 10.1 Å². The van der Waals surface area contributed by atoms with E-state index in [0.717, 1.165) is 5.69 Å². The van der Waals surface area contributed by atoms with Crippen LogP contribution in [-0.2, 0) is 0 Å². The number of nitro benzene ring substituents is 1. The minimum absolute atomic E-state index is 0.105. The smallest absolute Gasteiger partial charge is 0.269 e. The molecule has 1 N–H and O–H groups in total. The van der Waals surface area contributed by atoms with Crippen LogP contribution in [0.1, 0.15) is 18.5 Å². The molecule has 0 aliphatic heterocycles. The second kappa shape index (κ2) is 5.31. The van der Waals surface area contributed by atoms with Gasteiger partial charge in [-0.25, -0.2) is 0 Å². The SMILES string of the molecule is CC(Nc1ccc([N+](=O)[O-])cc1)c1ccccc1. The molecule has 4 nitrogen and oxygen atoms in total. The zero-order valence-electron chi connectivity index (χ0n) is 10.0. The van der Waals surface area contributed by atoms with Gasteiger partial charge in [0.1, 0.15) is 0 Å². The van der Waals surface area contributed by atoms with Crippen molar-refractivity contribution in [2.45, 2.75) is 13.0 Å². The largest absolute Gasteiger partial charge is 0.379 e. The summed E-state index contributed by atoms with van der Waals surface area (Å²) < 4.78 is 0. The zero-order valence-corrected chi connectivity index (χ0v) is 10.0. The van der Waals surface area contributed by atoms with Crippen molar-refractivity contribution in [2.24, 2.45) is 0 Å². The van der Waals surface area contributed by atoms with E-state index in [1.165, 1.54) is 17.7 Å². The van der Waals surface area contributed by atoms with E-state index < -0.39 is 4.92 Å². The number of nitro groups is 1. The molecular formula is C14H14N2O2. The Morgan fingerprint density at radius 3 is 2.22 bits per heavy atom. The first-order valence-corrected chi connectivity index (χ1v) is 5.73. The van der Waals surface area contributed by atoms with Gasteiger partial charge in [-0.2, -0.15) is 0 Å². The maximum absolute atomic E-state index is 10.5. The van der Waals surface area contributed by atoms with Crippen molar-refractivity contribution < 1.29 is 4.92 Å². The van der Waals surface area contributed by atoms with Crippen LogP contribution in [0.5, 0.6) is 0 Å². The Morgan fingerprint density at radius 1 is 1.06 bits per heavy atom. The summed E-state index contributed by atoms with van der Waals surface area (Å²) in [6.07, 6.45) is 0. The quantitative estimate of drug-likeness (QED) is 0.656. The van der Waals surface area contributed by atoms with Gasteiger partial charge in [-0.3, -0.25) is 10.1 Å². The monoisotopic (exact) mass is 242 g/mol. The van der Waals surface area contributed by atoms with Crippen molar-refractivity contribution in [3.05, 3.63) is 70.3 Å². The molecule has 0 amide bonds. The van der Waals surface area contributed by atoms with Crippen LogP contribution >= 0.6 is 0 Å². The van der Waals surface area contributed by atoms with E-state index >= 15 is 0 Å². The Morgan fingerprint density at radius 2 is 1.67 bits per heavy atom. The molecular weight excluding hydrogens is 228 g/mol. The summed E-state index contributed by atoms with van der Waals surface area (Å²) in [6, 6.07) is 16.6. The summed E-state index contributed by atoms with van der Waals surface area (Å²) in [5, 5.41) is 13.8. The van der Waals surface area contributed by atoms with Gasteiger partial charge in [0.05, 0.1) is 4.92 Å². The first-order chi connectivity index (χ1) is 8.66. The van der Waals surface area contributed by atoms with Crippen molar-refractivity contribution >= 4 is 11.4 Å². The summed E-state index contributed by atoms with van der Waals surface area (Å²) in [5.41, 5.74) is 2.15. The van der Waals surface area contributed by atoms with Crippen LogP contribution in [0.4, 0.5) is 11.4 Å². The number of hydrogen-bond acceptors (Lipinski definition) is 3. The molecule has 92 valence electrons. The summed E-state index contributed by atoms with van der Waals surface area (Å²) in [6.45, 7) is 2.05. The summed E-state index contributed by atoms with van der Waals surface area (Å²) in [5.74, 6) is 0. The molecule has 0 fully saturated rings. The predicted molar refractivity (Wildman–Crippen MR) is 71.6 cm³/mol. The molecule has 2 aromatic carbocycles. The molecule has 0 heterocycles.